The summed E-state index contributed by atoms with van der Waals surface area (Å²) in [5, 5.41) is 15.6. The SMILES string of the molecule is C[C@]12CCC3(S1)C(C(=O)Nc1ccccc1Cl)N(CCCCCO)C(=O)[C@@H]3[C@H]2C(=O)Nc1ccccc1. The highest BCUT2D eigenvalue weighted by Gasteiger charge is 2.77. The number of anilines is 2. The van der Waals surface area contributed by atoms with Gasteiger partial charge in [-0.05, 0) is 63.3 Å². The first-order chi connectivity index (χ1) is 17.8. The molecule has 5 rings (SSSR count). The summed E-state index contributed by atoms with van der Waals surface area (Å²) in [5.74, 6) is -1.70. The van der Waals surface area contributed by atoms with E-state index >= 15 is 0 Å². The Balaban J connectivity index is 1.48. The van der Waals surface area contributed by atoms with Crippen LogP contribution >= 0.6 is 23.4 Å². The molecule has 196 valence electrons. The van der Waals surface area contributed by atoms with Crippen molar-refractivity contribution in [2.45, 2.75) is 54.6 Å². The van der Waals surface area contributed by atoms with Crippen molar-refractivity contribution in [3.8, 4) is 0 Å². The van der Waals surface area contributed by atoms with E-state index in [2.05, 4.69) is 17.6 Å². The Morgan fingerprint density at radius 1 is 1.03 bits per heavy atom. The third-order valence-corrected chi connectivity index (χ3v) is 10.4. The van der Waals surface area contributed by atoms with E-state index in [1.807, 2.05) is 30.3 Å². The fourth-order valence-corrected chi connectivity index (χ4v) is 8.98. The lowest BCUT2D eigenvalue weighted by Crippen LogP contribution is -2.51. The maximum absolute atomic E-state index is 14.1. The lowest BCUT2D eigenvalue weighted by atomic mass is 9.66. The second-order valence-electron chi connectivity index (χ2n) is 10.4. The molecule has 3 saturated heterocycles. The van der Waals surface area contributed by atoms with Gasteiger partial charge < -0.3 is 20.6 Å². The fourth-order valence-electron chi connectivity index (χ4n) is 6.44. The molecule has 3 heterocycles. The molecule has 37 heavy (non-hydrogen) atoms. The van der Waals surface area contributed by atoms with Crippen LogP contribution in [-0.2, 0) is 14.4 Å². The molecule has 0 saturated carbocycles. The number of fused-ring (bicyclic) bond motifs is 1. The molecule has 2 aromatic rings. The number of carbonyl (C=O) groups excluding carboxylic acids is 3. The van der Waals surface area contributed by atoms with Crippen LogP contribution < -0.4 is 10.6 Å². The largest absolute Gasteiger partial charge is 0.396 e. The van der Waals surface area contributed by atoms with Gasteiger partial charge in [0.05, 0.1) is 27.3 Å². The van der Waals surface area contributed by atoms with Gasteiger partial charge in [0.1, 0.15) is 6.04 Å². The Bertz CT molecular complexity index is 1200. The molecule has 0 radical (unpaired) electrons. The summed E-state index contributed by atoms with van der Waals surface area (Å²) < 4.78 is -1.13. The monoisotopic (exact) mass is 541 g/mol. The highest BCUT2D eigenvalue weighted by molar-refractivity contribution is 8.02. The molecule has 3 aliphatic rings. The Kier molecular flexibility index (Phi) is 7.27. The Morgan fingerprint density at radius 2 is 1.76 bits per heavy atom. The average Bonchev–Trinajstić information content (AvgIpc) is 3.44. The van der Waals surface area contributed by atoms with E-state index in [0.29, 0.717) is 42.2 Å². The number of para-hydroxylation sites is 2. The summed E-state index contributed by atoms with van der Waals surface area (Å²) in [5.41, 5.74) is 1.20. The van der Waals surface area contributed by atoms with Gasteiger partial charge in [0.2, 0.25) is 17.7 Å². The minimum Gasteiger partial charge on any atom is -0.396 e. The second-order valence-corrected chi connectivity index (χ2v) is 12.7. The molecular weight excluding hydrogens is 510 g/mol. The van der Waals surface area contributed by atoms with E-state index in [9.17, 15) is 19.5 Å². The predicted octanol–water partition coefficient (Wildman–Crippen LogP) is 4.56. The summed E-state index contributed by atoms with van der Waals surface area (Å²) in [6.07, 6.45) is 3.51. The third-order valence-electron chi connectivity index (χ3n) is 8.04. The topological polar surface area (TPSA) is 98.7 Å². The average molecular weight is 542 g/mol. The minimum absolute atomic E-state index is 0.0901. The number of carbonyl (C=O) groups is 3. The zero-order valence-corrected chi connectivity index (χ0v) is 22.4. The van der Waals surface area contributed by atoms with Crippen LogP contribution in [0.2, 0.25) is 5.02 Å². The molecular formula is C28H32ClN3O4S. The number of aliphatic hydroxyl groups excluding tert-OH is 1. The number of aliphatic hydroxyl groups is 1. The summed E-state index contributed by atoms with van der Waals surface area (Å²) in [7, 11) is 0. The molecule has 1 spiro atoms. The molecule has 0 aromatic heterocycles. The lowest BCUT2D eigenvalue weighted by Gasteiger charge is -2.35. The first kappa shape index (κ1) is 26.1. The Hall–Kier alpha value is -2.55. The summed E-state index contributed by atoms with van der Waals surface area (Å²) in [6.45, 7) is 2.55. The van der Waals surface area contributed by atoms with Crippen molar-refractivity contribution in [2.24, 2.45) is 11.8 Å². The summed E-state index contributed by atoms with van der Waals surface area (Å²) in [4.78, 5) is 43.3. The number of unbranched alkanes of at least 4 members (excludes halogenated alkanes) is 2. The van der Waals surface area contributed by atoms with Gasteiger partial charge >= 0.3 is 0 Å². The highest BCUT2D eigenvalue weighted by atomic mass is 35.5. The van der Waals surface area contributed by atoms with E-state index in [-0.39, 0.29) is 24.3 Å². The Labute approximate surface area is 226 Å². The number of rotatable bonds is 9. The van der Waals surface area contributed by atoms with Crippen molar-refractivity contribution >= 4 is 52.5 Å². The second kappa shape index (κ2) is 10.3. The van der Waals surface area contributed by atoms with Crippen molar-refractivity contribution in [1.82, 2.24) is 4.90 Å². The molecule has 7 nitrogen and oxygen atoms in total. The van der Waals surface area contributed by atoms with Crippen LogP contribution in [0.15, 0.2) is 54.6 Å². The first-order valence-electron chi connectivity index (χ1n) is 12.8. The van der Waals surface area contributed by atoms with Crippen molar-refractivity contribution in [1.29, 1.82) is 0 Å². The van der Waals surface area contributed by atoms with Gasteiger partial charge in [-0.3, -0.25) is 14.4 Å². The quantitative estimate of drug-likeness (QED) is 0.404. The lowest BCUT2D eigenvalue weighted by molar-refractivity contribution is -0.139. The standard InChI is InChI=1S/C28H32ClN3O4S/c1-27-14-15-28(37-27)22(21(27)24(34)30-18-10-4-2-5-11-18)26(36)32(16-8-3-9-17-33)23(28)25(35)31-20-13-7-6-12-19(20)29/h2,4-7,10-13,21-23,33H,3,8-9,14-17H2,1H3,(H,30,34)(H,31,35)/t21-,22-,23?,27+,28?/m0/s1. The van der Waals surface area contributed by atoms with Gasteiger partial charge in [0, 0.05) is 23.6 Å². The van der Waals surface area contributed by atoms with Crippen LogP contribution in [0.1, 0.15) is 39.0 Å². The molecule has 0 aliphatic carbocycles. The Morgan fingerprint density at radius 3 is 2.49 bits per heavy atom. The van der Waals surface area contributed by atoms with Crippen LogP contribution in [0.4, 0.5) is 11.4 Å². The molecule has 2 aromatic carbocycles. The van der Waals surface area contributed by atoms with Gasteiger partial charge in [0.25, 0.3) is 0 Å². The molecule has 2 unspecified atom stereocenters. The number of thioether (sulfide) groups is 1. The molecule has 2 bridgehead atoms. The molecule has 9 heteroatoms. The maximum atomic E-state index is 14.1. The number of nitrogens with zero attached hydrogens (tertiary/aromatic N) is 1. The van der Waals surface area contributed by atoms with Gasteiger partial charge in [-0.1, -0.05) is 41.9 Å². The fraction of sp³-hybridized carbons (Fsp3) is 0.464. The zero-order valence-electron chi connectivity index (χ0n) is 20.8. The van der Waals surface area contributed by atoms with Crippen molar-refractivity contribution in [3.05, 3.63) is 59.6 Å². The molecule has 3 aliphatic heterocycles. The molecule has 5 atom stereocenters. The van der Waals surface area contributed by atoms with E-state index in [0.717, 1.165) is 12.8 Å². The number of hydrogen-bond acceptors (Lipinski definition) is 5. The van der Waals surface area contributed by atoms with Gasteiger partial charge in [-0.25, -0.2) is 0 Å². The van der Waals surface area contributed by atoms with E-state index < -0.39 is 27.4 Å². The first-order valence-corrected chi connectivity index (χ1v) is 14.0. The van der Waals surface area contributed by atoms with Crippen LogP contribution in [-0.4, -0.2) is 56.4 Å². The highest BCUT2D eigenvalue weighted by Crippen LogP contribution is 2.71. The van der Waals surface area contributed by atoms with Crippen LogP contribution in [0.5, 0.6) is 0 Å². The summed E-state index contributed by atoms with van der Waals surface area (Å²) >= 11 is 7.98. The van der Waals surface area contributed by atoms with Crippen molar-refractivity contribution in [3.63, 3.8) is 0 Å². The van der Waals surface area contributed by atoms with E-state index in [1.54, 1.807) is 40.9 Å². The maximum Gasteiger partial charge on any atom is 0.248 e. The van der Waals surface area contributed by atoms with Crippen molar-refractivity contribution in [2.75, 3.05) is 23.8 Å². The number of halogens is 1. The van der Waals surface area contributed by atoms with Crippen LogP contribution in [0.3, 0.4) is 0 Å². The number of benzene rings is 2. The van der Waals surface area contributed by atoms with Gasteiger partial charge in [0.15, 0.2) is 0 Å². The molecule has 3 amide bonds. The molecule has 3 fully saturated rings. The smallest absolute Gasteiger partial charge is 0.248 e. The third kappa shape index (κ3) is 4.53. The number of hydrogen-bond donors (Lipinski definition) is 3. The van der Waals surface area contributed by atoms with E-state index in [1.165, 1.54) is 0 Å². The normalized spacial score (nSPS) is 29.9. The predicted molar refractivity (Wildman–Crippen MR) is 147 cm³/mol. The van der Waals surface area contributed by atoms with Crippen molar-refractivity contribution < 1.29 is 19.5 Å². The zero-order chi connectivity index (χ0) is 26.2. The molecule has 3 N–H and O–H groups in total. The number of nitrogens with one attached hydrogen (secondary N) is 2. The van der Waals surface area contributed by atoms with Gasteiger partial charge in [-0.15, -0.1) is 11.8 Å². The van der Waals surface area contributed by atoms with Crippen LogP contribution in [0.25, 0.3) is 0 Å². The van der Waals surface area contributed by atoms with Gasteiger partial charge in [-0.2, -0.15) is 0 Å². The number of amides is 3. The minimum atomic E-state index is -0.711. The number of likely N-dealkylation sites (tertiary alicyclic amines) is 1. The van der Waals surface area contributed by atoms with Crippen LogP contribution in [0, 0.1) is 11.8 Å². The van der Waals surface area contributed by atoms with E-state index in [4.69, 9.17) is 11.6 Å². The summed E-state index contributed by atoms with van der Waals surface area (Å²) in [6, 6.07) is 15.6.